The van der Waals surface area contributed by atoms with Crippen LogP contribution in [0.2, 0.25) is 0 Å². The number of nitrogens with zero attached hydrogens (tertiary/aromatic N) is 6. The summed E-state index contributed by atoms with van der Waals surface area (Å²) < 4.78 is 0.936. The Hall–Kier alpha value is -5.50. The van der Waals surface area contributed by atoms with Gasteiger partial charge < -0.3 is 51.6 Å². The average molecular weight is 741 g/mol. The van der Waals surface area contributed by atoms with Crippen LogP contribution in [0.1, 0.15) is 44.3 Å². The lowest BCUT2D eigenvalue weighted by molar-refractivity contribution is 0.0871. The first-order valence-electron chi connectivity index (χ1n) is 17.5. The number of rotatable bonds is 12. The largest absolute Gasteiger partial charge is 0.425 e. The van der Waals surface area contributed by atoms with Crippen molar-refractivity contribution in [2.45, 2.75) is 12.8 Å². The van der Waals surface area contributed by atoms with Crippen LogP contribution in [0, 0.1) is 0 Å². The first-order chi connectivity index (χ1) is 25.5. The Morgan fingerprint density at radius 2 is 0.868 bits per heavy atom. The molecule has 0 bridgehead atoms. The molecule has 53 heavy (non-hydrogen) atoms. The molecule has 4 heterocycles. The lowest BCUT2D eigenvalue weighted by Gasteiger charge is -2.30. The minimum Gasteiger partial charge on any atom is -0.425 e. The van der Waals surface area contributed by atoms with Crippen molar-refractivity contribution in [3.05, 3.63) is 103 Å². The smallest absolute Gasteiger partial charge is 0.283 e. The van der Waals surface area contributed by atoms with Gasteiger partial charge in [-0.15, -0.1) is 14.2 Å². The quantitative estimate of drug-likeness (QED) is 0.0975. The van der Waals surface area contributed by atoms with Gasteiger partial charge in [0.2, 0.25) is 0 Å². The van der Waals surface area contributed by atoms with Crippen molar-refractivity contribution in [2.75, 3.05) is 91.6 Å². The highest BCUT2D eigenvalue weighted by Gasteiger charge is 2.17. The molecule has 3 aromatic rings. The van der Waals surface area contributed by atoms with Crippen molar-refractivity contribution in [3.8, 4) is 0 Å². The van der Waals surface area contributed by atoms with Crippen LogP contribution in [0.4, 0.5) is 0 Å². The standard InChI is InChI=1S/C34H48N10O9/c45-29-9-1-6-26(42(29)51)32(48)36-14-21-39-18-5-19-41(23-16-38-34(50)28-8-3-11-31(47)44(28)53)25-24-40(17-4-12-35-13-20-39)22-15-37-33(49)27-7-2-10-30(46)43(27)52/h1-3,6-11,35,51-53H,4-5,12-25H2,(H,36,48)(H,37,49)(H,38,50). The number of nitrogens with one attached hydrogen (secondary N) is 4. The second-order valence-electron chi connectivity index (χ2n) is 12.4. The molecule has 1 fully saturated rings. The zero-order valence-corrected chi connectivity index (χ0v) is 29.5. The van der Waals surface area contributed by atoms with Gasteiger partial charge in [0.15, 0.2) is 0 Å². The Morgan fingerprint density at radius 3 is 1.26 bits per heavy atom. The maximum Gasteiger partial charge on any atom is 0.283 e. The van der Waals surface area contributed by atoms with Gasteiger partial charge in [0.1, 0.15) is 17.1 Å². The number of hydrogen-bond acceptors (Lipinski definition) is 13. The van der Waals surface area contributed by atoms with Crippen molar-refractivity contribution in [2.24, 2.45) is 0 Å². The minimum atomic E-state index is -0.716. The number of aromatic nitrogens is 3. The highest BCUT2D eigenvalue weighted by molar-refractivity contribution is 5.93. The Kier molecular flexibility index (Phi) is 15.6. The third-order valence-corrected chi connectivity index (χ3v) is 8.74. The molecule has 0 aromatic carbocycles. The summed E-state index contributed by atoms with van der Waals surface area (Å²) in [5.74, 6) is -1.73. The maximum atomic E-state index is 12.7. The van der Waals surface area contributed by atoms with E-state index in [1.54, 1.807) is 0 Å². The van der Waals surface area contributed by atoms with E-state index in [-0.39, 0.29) is 30.2 Å². The SMILES string of the molecule is O=C(NCCN1CCCN(CCNC(=O)c2cccc(=O)n2O)CCN(CCNC(=O)c2cccc(=O)n2O)CCCNCC1)c1cccc(=O)n1O. The van der Waals surface area contributed by atoms with Gasteiger partial charge in [0, 0.05) is 83.6 Å². The first kappa shape index (κ1) is 40.3. The monoisotopic (exact) mass is 740 g/mol. The van der Waals surface area contributed by atoms with Gasteiger partial charge in [-0.25, -0.2) is 0 Å². The fraction of sp³-hybridized carbons (Fsp3) is 0.471. The zero-order chi connectivity index (χ0) is 38.2. The molecular weight excluding hydrogens is 692 g/mol. The summed E-state index contributed by atoms with van der Waals surface area (Å²) >= 11 is 0. The number of amides is 3. The molecule has 0 spiro atoms. The summed E-state index contributed by atoms with van der Waals surface area (Å²) in [6.07, 6.45) is 1.57. The van der Waals surface area contributed by atoms with Gasteiger partial charge in [-0.05, 0) is 57.2 Å². The van der Waals surface area contributed by atoms with Crippen molar-refractivity contribution in [1.29, 1.82) is 0 Å². The van der Waals surface area contributed by atoms with Gasteiger partial charge >= 0.3 is 0 Å². The van der Waals surface area contributed by atoms with Gasteiger partial charge in [-0.3, -0.25) is 28.8 Å². The fourth-order valence-electron chi connectivity index (χ4n) is 5.81. The molecule has 3 amide bonds. The van der Waals surface area contributed by atoms with Crippen molar-refractivity contribution in [1.82, 2.24) is 50.2 Å². The number of hydrogen-bond donors (Lipinski definition) is 7. The highest BCUT2D eigenvalue weighted by Crippen LogP contribution is 2.02. The number of carbonyl (C=O) groups is 3. The van der Waals surface area contributed by atoms with E-state index >= 15 is 0 Å². The molecule has 7 N–H and O–H groups in total. The third-order valence-electron chi connectivity index (χ3n) is 8.74. The van der Waals surface area contributed by atoms with Crippen molar-refractivity contribution in [3.63, 3.8) is 0 Å². The molecule has 1 aliphatic heterocycles. The fourth-order valence-corrected chi connectivity index (χ4v) is 5.81. The van der Waals surface area contributed by atoms with Crippen LogP contribution in [0.3, 0.4) is 0 Å². The van der Waals surface area contributed by atoms with E-state index in [9.17, 15) is 44.4 Å². The molecular formula is C34H48N10O9. The molecule has 1 saturated heterocycles. The lowest BCUT2D eigenvalue weighted by Crippen LogP contribution is -2.45. The van der Waals surface area contributed by atoms with E-state index in [0.717, 1.165) is 44.1 Å². The van der Waals surface area contributed by atoms with E-state index < -0.39 is 34.4 Å². The zero-order valence-electron chi connectivity index (χ0n) is 29.5. The van der Waals surface area contributed by atoms with E-state index in [1.807, 2.05) is 0 Å². The summed E-state index contributed by atoms with van der Waals surface area (Å²) in [7, 11) is 0. The molecule has 288 valence electrons. The molecule has 4 rings (SSSR count). The third kappa shape index (κ3) is 12.3. The van der Waals surface area contributed by atoms with E-state index in [4.69, 9.17) is 0 Å². The molecule has 0 saturated carbocycles. The predicted molar refractivity (Wildman–Crippen MR) is 192 cm³/mol. The normalized spacial score (nSPS) is 15.6. The number of pyridine rings is 3. The second-order valence-corrected chi connectivity index (χ2v) is 12.4. The molecule has 0 aliphatic carbocycles. The second kappa shape index (κ2) is 20.5. The Bertz CT molecular complexity index is 1860. The minimum absolute atomic E-state index is 0.152. The van der Waals surface area contributed by atoms with Crippen LogP contribution in [-0.2, 0) is 0 Å². The predicted octanol–water partition coefficient (Wildman–Crippen LogP) is -2.24. The van der Waals surface area contributed by atoms with Crippen LogP contribution in [0.5, 0.6) is 0 Å². The summed E-state index contributed by atoms with van der Waals surface area (Å²) in [5.41, 5.74) is -2.61. The summed E-state index contributed by atoms with van der Waals surface area (Å²) in [6, 6.07) is 11.7. The maximum absolute atomic E-state index is 12.7. The Balaban J connectivity index is 1.35. The van der Waals surface area contributed by atoms with Crippen LogP contribution < -0.4 is 37.9 Å². The molecule has 0 radical (unpaired) electrons. The van der Waals surface area contributed by atoms with Crippen molar-refractivity contribution >= 4 is 17.7 Å². The van der Waals surface area contributed by atoms with Gasteiger partial charge in [0.05, 0.1) is 0 Å². The topological polar surface area (TPSA) is 236 Å². The molecule has 0 unspecified atom stereocenters. The van der Waals surface area contributed by atoms with Crippen LogP contribution in [-0.4, -0.2) is 154 Å². The molecule has 19 nitrogen and oxygen atoms in total. The lowest BCUT2D eigenvalue weighted by atomic mass is 10.2. The molecule has 19 heteroatoms. The Labute approximate surface area is 304 Å². The van der Waals surface area contributed by atoms with Gasteiger partial charge in [-0.2, -0.15) is 0 Å². The summed E-state index contributed by atoms with van der Waals surface area (Å²) in [6.45, 7) is 7.80. The van der Waals surface area contributed by atoms with Gasteiger partial charge in [-0.1, -0.05) is 18.2 Å². The van der Waals surface area contributed by atoms with Crippen LogP contribution >= 0.6 is 0 Å². The summed E-state index contributed by atoms with van der Waals surface area (Å²) in [4.78, 5) is 79.8. The van der Waals surface area contributed by atoms with E-state index in [1.165, 1.54) is 36.4 Å². The Morgan fingerprint density at radius 1 is 0.509 bits per heavy atom. The number of carbonyl (C=O) groups excluding carboxylic acids is 3. The molecule has 1 aliphatic rings. The average Bonchev–Trinajstić information content (AvgIpc) is 3.13. The van der Waals surface area contributed by atoms with Gasteiger partial charge in [0.25, 0.3) is 34.4 Å². The molecule has 3 aromatic heterocycles. The van der Waals surface area contributed by atoms with Crippen LogP contribution in [0.15, 0.2) is 69.0 Å². The van der Waals surface area contributed by atoms with Crippen LogP contribution in [0.25, 0.3) is 0 Å². The summed E-state index contributed by atoms with van der Waals surface area (Å²) in [5, 5.41) is 41.6. The first-order valence-corrected chi connectivity index (χ1v) is 17.5. The molecule has 0 atom stereocenters. The van der Waals surface area contributed by atoms with E-state index in [2.05, 4.69) is 36.0 Å². The highest BCUT2D eigenvalue weighted by atomic mass is 16.5. The van der Waals surface area contributed by atoms with Crippen molar-refractivity contribution < 1.29 is 30.0 Å². The van der Waals surface area contributed by atoms with E-state index in [0.29, 0.717) is 79.6 Å².